The monoisotopic (exact) mass is 556 g/mol. The van der Waals surface area contributed by atoms with Gasteiger partial charge in [0, 0.05) is 12.3 Å². The number of carboxylic acid groups (broad SMARTS) is 1. The van der Waals surface area contributed by atoms with Crippen molar-refractivity contribution in [1.82, 2.24) is 10.6 Å². The highest BCUT2D eigenvalue weighted by Crippen LogP contribution is 2.45. The summed E-state index contributed by atoms with van der Waals surface area (Å²) in [6.45, 7) is 3.84. The zero-order valence-corrected chi connectivity index (χ0v) is 23.3. The molecule has 2 amide bonds. The molecule has 214 valence electrons. The number of rotatable bonds is 12. The lowest BCUT2D eigenvalue weighted by atomic mass is 9.91. The molecular weight excluding hydrogens is 520 g/mol. The van der Waals surface area contributed by atoms with Gasteiger partial charge in [-0.05, 0) is 60.4 Å². The van der Waals surface area contributed by atoms with Crippen LogP contribution < -0.4 is 10.6 Å². The molecule has 0 saturated heterocycles. The Bertz CT molecular complexity index is 1360. The van der Waals surface area contributed by atoms with Crippen molar-refractivity contribution < 1.29 is 29.0 Å². The molecule has 41 heavy (non-hydrogen) atoms. The van der Waals surface area contributed by atoms with E-state index in [2.05, 4.69) is 34.9 Å². The molecule has 0 bridgehead atoms. The van der Waals surface area contributed by atoms with E-state index in [4.69, 9.17) is 9.47 Å². The minimum Gasteiger partial charge on any atom is -0.480 e. The molecule has 0 radical (unpaired) electrons. The number of amides is 2. The van der Waals surface area contributed by atoms with Gasteiger partial charge >= 0.3 is 12.1 Å². The third kappa shape index (κ3) is 6.60. The van der Waals surface area contributed by atoms with Crippen LogP contribution in [-0.4, -0.2) is 47.4 Å². The van der Waals surface area contributed by atoms with Crippen molar-refractivity contribution in [2.24, 2.45) is 5.92 Å². The van der Waals surface area contributed by atoms with Gasteiger partial charge in [0.15, 0.2) is 6.04 Å². The van der Waals surface area contributed by atoms with Gasteiger partial charge in [0.2, 0.25) is 5.91 Å². The molecule has 3 N–H and O–H groups in total. The summed E-state index contributed by atoms with van der Waals surface area (Å²) in [5.74, 6) is -1.63. The maximum absolute atomic E-state index is 13.1. The molecule has 2 aliphatic rings. The van der Waals surface area contributed by atoms with E-state index in [1.807, 2.05) is 61.5 Å². The Kier molecular flexibility index (Phi) is 8.40. The van der Waals surface area contributed by atoms with Gasteiger partial charge in [-0.2, -0.15) is 0 Å². The lowest BCUT2D eigenvalue weighted by Gasteiger charge is -2.31. The van der Waals surface area contributed by atoms with Crippen LogP contribution in [0.2, 0.25) is 0 Å². The van der Waals surface area contributed by atoms with Crippen LogP contribution in [0, 0.1) is 5.92 Å². The molecule has 3 aromatic carbocycles. The van der Waals surface area contributed by atoms with Gasteiger partial charge in [-0.25, -0.2) is 9.59 Å². The van der Waals surface area contributed by atoms with Crippen LogP contribution in [0.15, 0.2) is 78.9 Å². The third-order valence-electron chi connectivity index (χ3n) is 8.15. The maximum atomic E-state index is 13.1. The summed E-state index contributed by atoms with van der Waals surface area (Å²) in [5, 5.41) is 15.3. The Balaban J connectivity index is 1.18. The van der Waals surface area contributed by atoms with Gasteiger partial charge in [0.25, 0.3) is 0 Å². The predicted octanol–water partition coefficient (Wildman–Crippen LogP) is 5.26. The fraction of sp³-hybridized carbons (Fsp3) is 0.364. The molecule has 0 heterocycles. The fourth-order valence-electron chi connectivity index (χ4n) is 5.71. The predicted molar refractivity (Wildman–Crippen MR) is 154 cm³/mol. The molecule has 3 aromatic rings. The molecule has 0 spiro atoms. The Labute approximate surface area is 240 Å². The first-order valence-corrected chi connectivity index (χ1v) is 14.1. The summed E-state index contributed by atoms with van der Waals surface area (Å²) < 4.78 is 11.5. The van der Waals surface area contributed by atoms with Crippen LogP contribution in [0.1, 0.15) is 55.7 Å². The zero-order valence-electron chi connectivity index (χ0n) is 23.3. The van der Waals surface area contributed by atoms with E-state index in [1.165, 1.54) is 0 Å². The summed E-state index contributed by atoms with van der Waals surface area (Å²) in [7, 11) is 0. The molecular formula is C33H36N2O6. The van der Waals surface area contributed by atoms with Gasteiger partial charge in [-0.3, -0.25) is 4.79 Å². The molecule has 5 rings (SSSR count). The number of carbonyl (C=O) groups excluding carboxylic acids is 2. The van der Waals surface area contributed by atoms with E-state index in [-0.39, 0.29) is 31.5 Å². The molecule has 1 fully saturated rings. The van der Waals surface area contributed by atoms with Crippen molar-refractivity contribution in [2.75, 3.05) is 6.61 Å². The van der Waals surface area contributed by atoms with Crippen LogP contribution in [-0.2, 0) is 25.7 Å². The highest BCUT2D eigenvalue weighted by molar-refractivity contribution is 5.85. The topological polar surface area (TPSA) is 114 Å². The molecule has 0 aliphatic heterocycles. The minimum atomic E-state index is -1.23. The second kappa shape index (κ2) is 12.1. The Morgan fingerprint density at radius 2 is 1.51 bits per heavy atom. The zero-order chi connectivity index (χ0) is 29.0. The molecule has 1 saturated carbocycles. The number of benzene rings is 3. The van der Waals surface area contributed by atoms with Crippen molar-refractivity contribution in [3.8, 4) is 11.1 Å². The van der Waals surface area contributed by atoms with E-state index in [1.54, 1.807) is 6.92 Å². The summed E-state index contributed by atoms with van der Waals surface area (Å²) in [5.41, 5.74) is 4.56. The number of hydrogen-bond acceptors (Lipinski definition) is 5. The summed E-state index contributed by atoms with van der Waals surface area (Å²) in [6.07, 6.45) is 0.304. The molecule has 0 aromatic heterocycles. The van der Waals surface area contributed by atoms with Crippen LogP contribution in [0.25, 0.3) is 11.1 Å². The van der Waals surface area contributed by atoms with E-state index in [9.17, 15) is 19.5 Å². The summed E-state index contributed by atoms with van der Waals surface area (Å²) in [4.78, 5) is 38.1. The molecule has 3 atom stereocenters. The van der Waals surface area contributed by atoms with Crippen molar-refractivity contribution in [3.63, 3.8) is 0 Å². The molecule has 8 nitrogen and oxygen atoms in total. The average molecular weight is 557 g/mol. The molecule has 2 aliphatic carbocycles. The van der Waals surface area contributed by atoms with Crippen molar-refractivity contribution >= 4 is 18.0 Å². The van der Waals surface area contributed by atoms with Crippen molar-refractivity contribution in [2.45, 2.75) is 63.3 Å². The Hall–Kier alpha value is -4.17. The largest absolute Gasteiger partial charge is 0.480 e. The number of aliphatic carboxylic acids is 1. The number of fused-ring (bicyclic) bond motifs is 3. The van der Waals surface area contributed by atoms with Gasteiger partial charge in [-0.15, -0.1) is 0 Å². The normalized spacial score (nSPS) is 16.9. The van der Waals surface area contributed by atoms with Crippen LogP contribution in [0.3, 0.4) is 0 Å². The summed E-state index contributed by atoms with van der Waals surface area (Å²) >= 11 is 0. The van der Waals surface area contributed by atoms with Crippen molar-refractivity contribution in [3.05, 3.63) is 95.6 Å². The van der Waals surface area contributed by atoms with E-state index < -0.39 is 35.7 Å². The van der Waals surface area contributed by atoms with Crippen molar-refractivity contribution in [1.29, 1.82) is 0 Å². The van der Waals surface area contributed by atoms with Gasteiger partial charge in [0.05, 0.1) is 18.2 Å². The first-order valence-electron chi connectivity index (χ1n) is 14.1. The highest BCUT2D eigenvalue weighted by Gasteiger charge is 2.45. The van der Waals surface area contributed by atoms with Gasteiger partial charge in [-0.1, -0.05) is 78.9 Å². The molecule has 8 heteroatoms. The number of ether oxygens (including phenoxy) is 2. The average Bonchev–Trinajstić information content (AvgIpc) is 3.78. The van der Waals surface area contributed by atoms with Crippen LogP contribution >= 0.6 is 0 Å². The van der Waals surface area contributed by atoms with Gasteiger partial charge < -0.3 is 25.2 Å². The number of carbonyl (C=O) groups is 3. The summed E-state index contributed by atoms with van der Waals surface area (Å²) in [6, 6.07) is 24.4. The quantitative estimate of drug-likeness (QED) is 0.281. The lowest BCUT2D eigenvalue weighted by Crippen LogP contribution is -2.54. The first kappa shape index (κ1) is 28.4. The number of hydrogen-bond donors (Lipinski definition) is 3. The minimum absolute atomic E-state index is 0.0719. The fourth-order valence-corrected chi connectivity index (χ4v) is 5.71. The highest BCUT2D eigenvalue weighted by atomic mass is 16.5. The lowest BCUT2D eigenvalue weighted by molar-refractivity contribution is -0.146. The first-order chi connectivity index (χ1) is 19.7. The number of nitrogens with one attached hydrogen (secondary N) is 2. The Morgan fingerprint density at radius 3 is 2.10 bits per heavy atom. The van der Waals surface area contributed by atoms with E-state index >= 15 is 0 Å². The second-order valence-corrected chi connectivity index (χ2v) is 11.2. The maximum Gasteiger partial charge on any atom is 0.407 e. The smallest absolute Gasteiger partial charge is 0.407 e. The van der Waals surface area contributed by atoms with E-state index in [0.29, 0.717) is 0 Å². The molecule has 1 unspecified atom stereocenters. The number of alkyl carbamates (subject to hydrolysis) is 1. The van der Waals surface area contributed by atoms with Crippen LogP contribution in [0.5, 0.6) is 0 Å². The number of carboxylic acids is 1. The Morgan fingerprint density at radius 1 is 0.927 bits per heavy atom. The second-order valence-electron chi connectivity index (χ2n) is 11.2. The van der Waals surface area contributed by atoms with Gasteiger partial charge in [0.1, 0.15) is 6.61 Å². The SMILES string of the molecule is C[C@H](OCc1ccccc1)[C@@H](NC(=O)CC(C)(NC(=O)OCC1c2ccccc2-c2ccccc21)C1CC1)C(=O)O. The van der Waals surface area contributed by atoms with E-state index in [0.717, 1.165) is 40.7 Å². The van der Waals surface area contributed by atoms with Crippen LogP contribution in [0.4, 0.5) is 4.79 Å². The standard InChI is InChI=1S/C33H36N2O6/c1-21(40-19-22-10-4-3-5-11-22)30(31(37)38)34-29(36)18-33(2,23-16-17-23)35-32(39)41-20-28-26-14-8-6-12-24(26)25-13-7-9-15-27(25)28/h3-15,21,23,28,30H,16-20H2,1-2H3,(H,34,36)(H,35,39)(H,37,38)/t21-,30+,33?/m0/s1. The third-order valence-corrected chi connectivity index (χ3v) is 8.15.